The number of para-hydroxylation sites is 2. The molecule has 55 heavy (non-hydrogen) atoms. The van der Waals surface area contributed by atoms with Gasteiger partial charge in [0.15, 0.2) is 11.5 Å². The second kappa shape index (κ2) is 17.5. The molecule has 6 aromatic rings. The highest BCUT2D eigenvalue weighted by Gasteiger charge is 2.29. The van der Waals surface area contributed by atoms with Crippen molar-refractivity contribution in [2.45, 2.75) is 9.79 Å². The molecule has 0 atom stereocenters. The van der Waals surface area contributed by atoms with Gasteiger partial charge in [0.2, 0.25) is 0 Å². The van der Waals surface area contributed by atoms with Gasteiger partial charge in [0.05, 0.1) is 39.9 Å². The summed E-state index contributed by atoms with van der Waals surface area (Å²) in [6, 6.07) is 25.1. The highest BCUT2D eigenvalue weighted by atomic mass is 35.5. The Bertz CT molecular complexity index is 2310. The zero-order valence-electron chi connectivity index (χ0n) is 27.2. The Morgan fingerprint density at radius 1 is 0.509 bits per heavy atom. The van der Waals surface area contributed by atoms with Crippen LogP contribution in [0.1, 0.15) is 0 Å². The van der Waals surface area contributed by atoms with E-state index in [1.807, 2.05) is 0 Å². The van der Waals surface area contributed by atoms with Crippen LogP contribution in [0.4, 0.5) is 21.0 Å². The van der Waals surface area contributed by atoms with Crippen molar-refractivity contribution in [3.63, 3.8) is 0 Å². The monoisotopic (exact) mass is 912 g/mol. The molecule has 280 valence electrons. The lowest BCUT2D eigenvalue weighted by molar-refractivity contribution is 0.213. The van der Waals surface area contributed by atoms with E-state index in [0.29, 0.717) is 11.4 Å². The molecule has 4 N–H and O–H groups in total. The molecule has 0 radical (unpaired) electrons. The lowest BCUT2D eigenvalue weighted by Gasteiger charge is -2.20. The number of halogens is 8. The van der Waals surface area contributed by atoms with Crippen LogP contribution in [0.25, 0.3) is 22.3 Å². The predicted molar refractivity (Wildman–Crippen MR) is 223 cm³/mol. The number of anilines is 2. The molecule has 0 saturated carbocycles. The van der Waals surface area contributed by atoms with Gasteiger partial charge in [-0.25, -0.2) is 9.59 Å². The number of aromatic hydroxyl groups is 2. The summed E-state index contributed by atoms with van der Waals surface area (Å²) in [4.78, 5) is 26.9. The van der Waals surface area contributed by atoms with Gasteiger partial charge in [-0.05, 0) is 60.7 Å². The van der Waals surface area contributed by atoms with Crippen molar-refractivity contribution in [3.05, 3.63) is 137 Å². The van der Waals surface area contributed by atoms with E-state index in [-0.39, 0.29) is 83.7 Å². The second-order valence-electron chi connectivity index (χ2n) is 11.2. The summed E-state index contributed by atoms with van der Waals surface area (Å²) in [5.74, 6) is -1.28. The summed E-state index contributed by atoms with van der Waals surface area (Å²) < 4.78 is 11.6. The molecule has 0 heterocycles. The average molecular weight is 916 g/mol. The number of carbonyl (C=O) groups is 2. The smallest absolute Gasteiger partial charge is 0.417 e. The van der Waals surface area contributed by atoms with E-state index in [1.54, 1.807) is 60.7 Å². The highest BCUT2D eigenvalue weighted by Crippen LogP contribution is 2.55. The van der Waals surface area contributed by atoms with Crippen molar-refractivity contribution in [1.82, 2.24) is 0 Å². The predicted octanol–water partition coefficient (Wildman–Crippen LogP) is 15.0. The molecule has 0 aliphatic rings. The fraction of sp³-hybridized carbons (Fsp3) is 0. The molecule has 0 fully saturated rings. The molecule has 6 rings (SSSR count). The third-order valence-electron chi connectivity index (χ3n) is 7.52. The number of phenols is 2. The van der Waals surface area contributed by atoms with Crippen molar-refractivity contribution in [1.29, 1.82) is 0 Å². The summed E-state index contributed by atoms with van der Waals surface area (Å²) in [6.45, 7) is 0. The van der Waals surface area contributed by atoms with E-state index >= 15 is 0 Å². The van der Waals surface area contributed by atoms with Crippen LogP contribution in [0.15, 0.2) is 107 Å². The Balaban J connectivity index is 1.52. The topological polar surface area (TPSA) is 117 Å². The molecule has 0 aromatic heterocycles. The number of hydrogen-bond donors (Lipinski definition) is 4. The Labute approximate surface area is 357 Å². The first-order chi connectivity index (χ1) is 26.2. The fourth-order valence-electron chi connectivity index (χ4n) is 5.14. The number of phenolic OH excluding ortho intramolecular Hbond substituents is 2. The maximum atomic E-state index is 13.3. The van der Waals surface area contributed by atoms with Crippen LogP contribution >= 0.6 is 105 Å². The first-order valence-electron chi connectivity index (χ1n) is 15.4. The lowest BCUT2D eigenvalue weighted by atomic mass is 10.0. The van der Waals surface area contributed by atoms with Gasteiger partial charge in [0, 0.05) is 43.7 Å². The first kappa shape index (κ1) is 40.8. The molecule has 6 aromatic carbocycles. The number of nitrogens with one attached hydrogen (secondary N) is 2. The third-order valence-corrected chi connectivity index (χ3v) is 10.9. The Hall–Kier alpha value is -3.87. The average Bonchev–Trinajstić information content (AvgIpc) is 3.13. The van der Waals surface area contributed by atoms with Crippen LogP contribution in [-0.4, -0.2) is 22.4 Å². The number of amides is 2. The van der Waals surface area contributed by atoms with Gasteiger partial charge in [-0.1, -0.05) is 141 Å². The van der Waals surface area contributed by atoms with Gasteiger partial charge in [0.25, 0.3) is 0 Å². The number of benzene rings is 6. The van der Waals surface area contributed by atoms with E-state index in [9.17, 15) is 19.8 Å². The molecule has 17 heteroatoms. The van der Waals surface area contributed by atoms with Crippen LogP contribution in [-0.2, 0) is 0 Å². The van der Waals surface area contributed by atoms with Gasteiger partial charge in [-0.3, -0.25) is 10.6 Å². The highest BCUT2D eigenvalue weighted by molar-refractivity contribution is 7.99. The van der Waals surface area contributed by atoms with Gasteiger partial charge in [0.1, 0.15) is 11.5 Å². The van der Waals surface area contributed by atoms with Crippen molar-refractivity contribution in [3.8, 4) is 45.3 Å². The maximum Gasteiger partial charge on any atom is 0.417 e. The van der Waals surface area contributed by atoms with Crippen LogP contribution in [0, 0.1) is 0 Å². The third kappa shape index (κ3) is 9.24. The molecular weight excluding hydrogens is 896 g/mol. The Morgan fingerprint density at radius 3 is 1.24 bits per heavy atom. The zero-order valence-corrected chi connectivity index (χ0v) is 34.1. The SMILES string of the molecule is O=C(Nc1ccccc1)Oc1c(Sc2cc(Cl)c(-c3cc(Cl)cc(Cl)c3O)c(Cl)c2OC(=O)Nc2ccccc2)cc(Cl)c(-c2cc(Cl)cc(Cl)c2O)c1Cl. The normalized spacial score (nSPS) is 10.9. The molecular formula is C38H20Cl8N2O6S. The van der Waals surface area contributed by atoms with Crippen molar-refractivity contribution >= 4 is 128 Å². The molecule has 2 amide bonds. The van der Waals surface area contributed by atoms with E-state index in [0.717, 1.165) is 11.8 Å². The summed E-state index contributed by atoms with van der Waals surface area (Å²) in [6.07, 6.45) is -1.90. The molecule has 0 aliphatic carbocycles. The van der Waals surface area contributed by atoms with E-state index < -0.39 is 23.7 Å². The second-order valence-corrected chi connectivity index (χ2v) is 15.5. The summed E-state index contributed by atoms with van der Waals surface area (Å²) in [5.41, 5.74) is 0.935. The van der Waals surface area contributed by atoms with E-state index in [4.69, 9.17) is 102 Å². The minimum Gasteiger partial charge on any atom is -0.506 e. The molecule has 0 bridgehead atoms. The summed E-state index contributed by atoms with van der Waals surface area (Å²) >= 11 is 53.4. The summed E-state index contributed by atoms with van der Waals surface area (Å²) in [7, 11) is 0. The fourth-order valence-corrected chi connectivity index (χ4v) is 8.83. The molecule has 0 unspecified atom stereocenters. The minimum atomic E-state index is -0.949. The van der Waals surface area contributed by atoms with Crippen LogP contribution in [0.3, 0.4) is 0 Å². The molecule has 0 spiro atoms. The first-order valence-corrected chi connectivity index (χ1v) is 19.2. The van der Waals surface area contributed by atoms with Gasteiger partial charge < -0.3 is 19.7 Å². The van der Waals surface area contributed by atoms with Crippen LogP contribution in [0.5, 0.6) is 23.0 Å². The standard InChI is InChI=1S/C38H20Cl8N2O6S/c39-17-11-21(33(49)25(43)13-17)29-23(41)15-27(35(31(29)45)53-37(51)47-19-7-3-1-4-8-19)55-28-16-24(42)30(22-12-18(40)14-26(44)34(22)50)32(46)36(28)54-38(52)48-20-9-5-2-6-10-20/h1-16,49-50H,(H,47,51)(H,48,52). The van der Waals surface area contributed by atoms with Gasteiger partial charge in [-0.2, -0.15) is 0 Å². The lowest BCUT2D eigenvalue weighted by Crippen LogP contribution is -2.18. The number of carbonyl (C=O) groups excluding carboxylic acids is 2. The van der Waals surface area contributed by atoms with Crippen molar-refractivity contribution in [2.75, 3.05) is 10.6 Å². The van der Waals surface area contributed by atoms with E-state index in [2.05, 4.69) is 10.6 Å². The Kier molecular flexibility index (Phi) is 13.0. The van der Waals surface area contributed by atoms with Gasteiger partial charge >= 0.3 is 12.2 Å². The number of hydrogen-bond acceptors (Lipinski definition) is 7. The zero-order chi connectivity index (χ0) is 39.6. The number of ether oxygens (including phenoxy) is 2. The molecule has 0 aliphatic heterocycles. The molecule has 0 saturated heterocycles. The van der Waals surface area contributed by atoms with Crippen LogP contribution < -0.4 is 20.1 Å². The number of rotatable bonds is 8. The Morgan fingerprint density at radius 2 is 0.873 bits per heavy atom. The van der Waals surface area contributed by atoms with E-state index in [1.165, 1.54) is 36.4 Å². The van der Waals surface area contributed by atoms with Crippen LogP contribution in [0.2, 0.25) is 40.2 Å². The van der Waals surface area contributed by atoms with Crippen molar-refractivity contribution in [2.24, 2.45) is 0 Å². The largest absolute Gasteiger partial charge is 0.506 e. The minimum absolute atomic E-state index is 0.0236. The van der Waals surface area contributed by atoms with Crippen molar-refractivity contribution < 1.29 is 29.3 Å². The maximum absolute atomic E-state index is 13.3. The quantitative estimate of drug-likeness (QED) is 0.120. The summed E-state index contributed by atoms with van der Waals surface area (Å²) in [5, 5.41) is 26.6. The van der Waals surface area contributed by atoms with Gasteiger partial charge in [-0.15, -0.1) is 0 Å². The molecule has 8 nitrogen and oxygen atoms in total.